The fourth-order valence-electron chi connectivity index (χ4n) is 2.42. The smallest absolute Gasteiger partial charge is 0.0416 e. The van der Waals surface area contributed by atoms with Gasteiger partial charge in [0.15, 0.2) is 0 Å². The van der Waals surface area contributed by atoms with E-state index in [0.717, 1.165) is 18.9 Å². The number of hydrogen-bond donors (Lipinski definition) is 1. The van der Waals surface area contributed by atoms with Crippen LogP contribution in [0.3, 0.4) is 0 Å². The third-order valence-corrected chi connectivity index (χ3v) is 3.53. The minimum atomic E-state index is 0.663. The van der Waals surface area contributed by atoms with E-state index in [1.54, 1.807) is 0 Å². The molecule has 1 aliphatic rings. The zero-order chi connectivity index (χ0) is 12.2. The van der Waals surface area contributed by atoms with E-state index in [0.29, 0.717) is 6.04 Å². The molecule has 0 radical (unpaired) electrons. The molecule has 0 aliphatic heterocycles. The molecule has 3 rings (SSSR count). The summed E-state index contributed by atoms with van der Waals surface area (Å²) in [7, 11) is 0. The Morgan fingerprint density at radius 3 is 2.67 bits per heavy atom. The van der Waals surface area contributed by atoms with Crippen LogP contribution in [0.5, 0.6) is 0 Å². The largest absolute Gasteiger partial charge is 0.313 e. The average Bonchev–Trinajstić information content (AvgIpc) is 3.21. The molecule has 1 N–H and O–H groups in total. The number of nitrogens with zero attached hydrogens (tertiary/aromatic N) is 1. The van der Waals surface area contributed by atoms with Gasteiger partial charge in [-0.05, 0) is 24.1 Å². The van der Waals surface area contributed by atoms with Crippen molar-refractivity contribution in [3.05, 3.63) is 66.0 Å². The number of aromatic nitrogens is 1. The molecule has 0 spiro atoms. The molecule has 1 fully saturated rings. The lowest BCUT2D eigenvalue weighted by Crippen LogP contribution is -2.21. The maximum absolute atomic E-state index is 4.33. The van der Waals surface area contributed by atoms with Gasteiger partial charge in [0.25, 0.3) is 0 Å². The number of benzene rings is 1. The summed E-state index contributed by atoms with van der Waals surface area (Å²) in [5.74, 6) is 0.718. The van der Waals surface area contributed by atoms with Crippen molar-refractivity contribution in [2.45, 2.75) is 24.8 Å². The van der Waals surface area contributed by atoms with E-state index in [1.807, 2.05) is 18.3 Å². The first-order valence-corrected chi connectivity index (χ1v) is 6.62. The van der Waals surface area contributed by atoms with Crippen molar-refractivity contribution in [3.8, 4) is 0 Å². The van der Waals surface area contributed by atoms with Crippen LogP contribution in [0.2, 0.25) is 0 Å². The SMILES string of the molecule is c1ccc(C2CC2NCCc2ccccn2)cc1. The average molecular weight is 238 g/mol. The maximum Gasteiger partial charge on any atom is 0.0416 e. The third-order valence-electron chi connectivity index (χ3n) is 3.53. The van der Waals surface area contributed by atoms with Gasteiger partial charge in [-0.1, -0.05) is 36.4 Å². The van der Waals surface area contributed by atoms with Gasteiger partial charge in [-0.3, -0.25) is 4.98 Å². The van der Waals surface area contributed by atoms with Gasteiger partial charge in [-0.2, -0.15) is 0 Å². The Morgan fingerprint density at radius 1 is 1.06 bits per heavy atom. The Morgan fingerprint density at radius 2 is 1.89 bits per heavy atom. The maximum atomic E-state index is 4.33. The van der Waals surface area contributed by atoms with Gasteiger partial charge in [0.05, 0.1) is 0 Å². The summed E-state index contributed by atoms with van der Waals surface area (Å²) in [6, 6.07) is 17.5. The summed E-state index contributed by atoms with van der Waals surface area (Å²) < 4.78 is 0. The molecule has 2 heteroatoms. The second-order valence-corrected chi connectivity index (χ2v) is 4.88. The second-order valence-electron chi connectivity index (χ2n) is 4.88. The van der Waals surface area contributed by atoms with E-state index in [4.69, 9.17) is 0 Å². The number of nitrogens with one attached hydrogen (secondary N) is 1. The molecule has 1 aromatic carbocycles. The van der Waals surface area contributed by atoms with Crippen LogP contribution >= 0.6 is 0 Å². The van der Waals surface area contributed by atoms with Crippen molar-refractivity contribution in [2.75, 3.05) is 6.54 Å². The molecule has 0 bridgehead atoms. The quantitative estimate of drug-likeness (QED) is 0.866. The summed E-state index contributed by atoms with van der Waals surface area (Å²) in [6.07, 6.45) is 4.14. The summed E-state index contributed by atoms with van der Waals surface area (Å²) in [4.78, 5) is 4.33. The fourth-order valence-corrected chi connectivity index (χ4v) is 2.42. The van der Waals surface area contributed by atoms with Crippen molar-refractivity contribution >= 4 is 0 Å². The molecule has 18 heavy (non-hydrogen) atoms. The van der Waals surface area contributed by atoms with Crippen LogP contribution in [-0.4, -0.2) is 17.6 Å². The summed E-state index contributed by atoms with van der Waals surface area (Å²) in [6.45, 7) is 1.02. The van der Waals surface area contributed by atoms with Crippen molar-refractivity contribution < 1.29 is 0 Å². The van der Waals surface area contributed by atoms with Gasteiger partial charge in [0.1, 0.15) is 0 Å². The van der Waals surface area contributed by atoms with Crippen molar-refractivity contribution in [3.63, 3.8) is 0 Å². The number of hydrogen-bond acceptors (Lipinski definition) is 2. The number of pyridine rings is 1. The monoisotopic (exact) mass is 238 g/mol. The van der Waals surface area contributed by atoms with Gasteiger partial charge < -0.3 is 5.32 Å². The normalized spacial score (nSPS) is 21.8. The Balaban J connectivity index is 1.44. The van der Waals surface area contributed by atoms with Crippen molar-refractivity contribution in [2.24, 2.45) is 0 Å². The lowest BCUT2D eigenvalue weighted by Gasteiger charge is -2.04. The van der Waals surface area contributed by atoms with E-state index >= 15 is 0 Å². The van der Waals surface area contributed by atoms with Crippen molar-refractivity contribution in [1.29, 1.82) is 0 Å². The molecule has 2 unspecified atom stereocenters. The van der Waals surface area contributed by atoms with E-state index in [9.17, 15) is 0 Å². The second kappa shape index (κ2) is 5.32. The molecule has 1 saturated carbocycles. The summed E-state index contributed by atoms with van der Waals surface area (Å²) >= 11 is 0. The molecular formula is C16H18N2. The van der Waals surface area contributed by atoms with E-state index in [-0.39, 0.29) is 0 Å². The van der Waals surface area contributed by atoms with Gasteiger partial charge >= 0.3 is 0 Å². The molecule has 92 valence electrons. The number of rotatable bonds is 5. The molecule has 2 nitrogen and oxygen atoms in total. The summed E-state index contributed by atoms with van der Waals surface area (Å²) in [5.41, 5.74) is 2.63. The molecule has 0 amide bonds. The molecule has 2 aromatic rings. The van der Waals surface area contributed by atoms with E-state index in [2.05, 4.69) is 46.7 Å². The minimum absolute atomic E-state index is 0.663. The Hall–Kier alpha value is -1.67. The minimum Gasteiger partial charge on any atom is -0.313 e. The van der Waals surface area contributed by atoms with Gasteiger partial charge in [-0.25, -0.2) is 0 Å². The van der Waals surface area contributed by atoms with Crippen LogP contribution in [0.25, 0.3) is 0 Å². The van der Waals surface area contributed by atoms with Crippen LogP contribution in [0, 0.1) is 0 Å². The third kappa shape index (κ3) is 2.77. The first-order chi connectivity index (χ1) is 8.93. The van der Waals surface area contributed by atoms with Crippen molar-refractivity contribution in [1.82, 2.24) is 10.3 Å². The standard InChI is InChI=1S/C16H18N2/c1-2-6-13(7-3-1)15-12-16(15)18-11-9-14-8-4-5-10-17-14/h1-8,10,15-16,18H,9,11-12H2. The lowest BCUT2D eigenvalue weighted by atomic mass is 10.1. The molecule has 2 atom stereocenters. The Labute approximate surface area is 108 Å². The summed E-state index contributed by atoms with van der Waals surface area (Å²) in [5, 5.41) is 3.61. The lowest BCUT2D eigenvalue weighted by molar-refractivity contribution is 0.662. The fraction of sp³-hybridized carbons (Fsp3) is 0.312. The van der Waals surface area contributed by atoms with Crippen LogP contribution in [0.1, 0.15) is 23.6 Å². The first kappa shape index (κ1) is 11.4. The molecular weight excluding hydrogens is 220 g/mol. The van der Waals surface area contributed by atoms with Crippen LogP contribution in [0.15, 0.2) is 54.7 Å². The van der Waals surface area contributed by atoms with Crippen LogP contribution in [-0.2, 0) is 6.42 Å². The molecule has 0 saturated heterocycles. The highest BCUT2D eigenvalue weighted by molar-refractivity contribution is 5.27. The Bertz CT molecular complexity index is 481. The topological polar surface area (TPSA) is 24.9 Å². The highest BCUT2D eigenvalue weighted by Gasteiger charge is 2.37. The predicted molar refractivity (Wildman–Crippen MR) is 73.5 cm³/mol. The first-order valence-electron chi connectivity index (χ1n) is 6.62. The van der Waals surface area contributed by atoms with Gasteiger partial charge in [0, 0.05) is 36.8 Å². The Kier molecular flexibility index (Phi) is 3.37. The van der Waals surface area contributed by atoms with Gasteiger partial charge in [-0.15, -0.1) is 0 Å². The molecule has 1 aliphatic carbocycles. The van der Waals surface area contributed by atoms with E-state index in [1.165, 1.54) is 17.7 Å². The van der Waals surface area contributed by atoms with Gasteiger partial charge in [0.2, 0.25) is 0 Å². The zero-order valence-corrected chi connectivity index (χ0v) is 10.4. The van der Waals surface area contributed by atoms with Crippen LogP contribution < -0.4 is 5.32 Å². The predicted octanol–water partition coefficient (Wildman–Crippen LogP) is 2.77. The highest BCUT2D eigenvalue weighted by atomic mass is 15.0. The molecule has 1 aromatic heterocycles. The van der Waals surface area contributed by atoms with E-state index < -0.39 is 0 Å². The molecule has 1 heterocycles. The zero-order valence-electron chi connectivity index (χ0n) is 10.4. The highest BCUT2D eigenvalue weighted by Crippen LogP contribution is 2.40. The van der Waals surface area contributed by atoms with Crippen LogP contribution in [0.4, 0.5) is 0 Å².